The first kappa shape index (κ1) is 20.9. The van der Waals surface area contributed by atoms with Crippen LogP contribution < -0.4 is 9.47 Å². The van der Waals surface area contributed by atoms with Crippen LogP contribution in [0.15, 0.2) is 59.0 Å². The number of furan rings is 1. The van der Waals surface area contributed by atoms with E-state index in [9.17, 15) is 20.0 Å². The summed E-state index contributed by atoms with van der Waals surface area (Å²) in [4.78, 5) is 22.8. The van der Waals surface area contributed by atoms with Crippen molar-refractivity contribution in [1.29, 1.82) is 0 Å². The zero-order valence-electron chi connectivity index (χ0n) is 15.7. The van der Waals surface area contributed by atoms with Gasteiger partial charge < -0.3 is 19.0 Å². The summed E-state index contributed by atoms with van der Waals surface area (Å²) < 4.78 is 16.0. The molecule has 1 heterocycles. The summed E-state index contributed by atoms with van der Waals surface area (Å²) in [5.74, 6) is 0.710. The quantitative estimate of drug-likeness (QED) is 0.231. The second kappa shape index (κ2) is 9.15. The van der Waals surface area contributed by atoms with E-state index in [1.165, 1.54) is 55.7 Å². The van der Waals surface area contributed by atoms with Crippen LogP contribution in [0, 0.1) is 10.1 Å². The Labute approximate surface area is 176 Å². The molecule has 154 valence electrons. The maximum absolute atomic E-state index is 12.3. The van der Waals surface area contributed by atoms with Gasteiger partial charge in [-0.1, -0.05) is 11.6 Å². The van der Waals surface area contributed by atoms with Gasteiger partial charge in [0.15, 0.2) is 23.0 Å². The van der Waals surface area contributed by atoms with Gasteiger partial charge in [-0.3, -0.25) is 14.9 Å². The van der Waals surface area contributed by atoms with E-state index in [2.05, 4.69) is 0 Å². The number of ketones is 1. The third kappa shape index (κ3) is 4.98. The lowest BCUT2D eigenvalue weighted by Crippen LogP contribution is -1.98. The van der Waals surface area contributed by atoms with Crippen molar-refractivity contribution in [2.45, 2.75) is 6.61 Å². The average molecular weight is 430 g/mol. The van der Waals surface area contributed by atoms with Gasteiger partial charge in [-0.2, -0.15) is 0 Å². The zero-order chi connectivity index (χ0) is 21.7. The first-order chi connectivity index (χ1) is 14.4. The van der Waals surface area contributed by atoms with Crippen LogP contribution in [0.4, 0.5) is 5.69 Å². The minimum atomic E-state index is -0.582. The number of carbonyl (C=O) groups excluding carboxylic acids is 1. The zero-order valence-corrected chi connectivity index (χ0v) is 16.5. The molecule has 0 saturated heterocycles. The van der Waals surface area contributed by atoms with Crippen molar-refractivity contribution in [3.8, 4) is 17.2 Å². The molecule has 1 N–H and O–H groups in total. The van der Waals surface area contributed by atoms with Crippen LogP contribution in [0.2, 0.25) is 5.02 Å². The van der Waals surface area contributed by atoms with Crippen molar-refractivity contribution in [1.82, 2.24) is 0 Å². The summed E-state index contributed by atoms with van der Waals surface area (Å²) >= 11 is 5.78. The van der Waals surface area contributed by atoms with Crippen LogP contribution >= 0.6 is 11.6 Å². The van der Waals surface area contributed by atoms with Crippen LogP contribution in [0.5, 0.6) is 17.2 Å². The third-order valence-electron chi connectivity index (χ3n) is 4.03. The number of carbonyl (C=O) groups is 1. The van der Waals surface area contributed by atoms with E-state index in [0.717, 1.165) is 0 Å². The van der Waals surface area contributed by atoms with Gasteiger partial charge in [0.1, 0.15) is 18.1 Å². The number of nitrogens with zero attached hydrogens (tertiary/aromatic N) is 1. The number of benzene rings is 2. The molecule has 0 unspecified atom stereocenters. The molecule has 0 fully saturated rings. The molecule has 0 aliphatic rings. The predicted octanol–water partition coefficient (Wildman–Crippen LogP) is 5.03. The molecule has 30 heavy (non-hydrogen) atoms. The Morgan fingerprint density at radius 3 is 2.73 bits per heavy atom. The normalized spacial score (nSPS) is 10.9. The number of halogens is 1. The largest absolute Gasteiger partial charge is 0.504 e. The van der Waals surface area contributed by atoms with E-state index in [-0.39, 0.29) is 40.3 Å². The van der Waals surface area contributed by atoms with Crippen LogP contribution in [0.25, 0.3) is 6.08 Å². The van der Waals surface area contributed by atoms with Crippen LogP contribution in [0.1, 0.15) is 21.9 Å². The number of nitro groups is 1. The van der Waals surface area contributed by atoms with Crippen molar-refractivity contribution < 1.29 is 28.7 Å². The molecule has 3 aromatic rings. The van der Waals surface area contributed by atoms with E-state index in [1.807, 2.05) is 0 Å². The second-order valence-electron chi connectivity index (χ2n) is 6.05. The van der Waals surface area contributed by atoms with E-state index >= 15 is 0 Å². The third-order valence-corrected chi connectivity index (χ3v) is 4.27. The fraction of sp³-hybridized carbons (Fsp3) is 0.0952. The smallest absolute Gasteiger partial charge is 0.312 e. The van der Waals surface area contributed by atoms with Crippen LogP contribution in [-0.4, -0.2) is 22.9 Å². The average Bonchev–Trinajstić information content (AvgIpc) is 3.19. The van der Waals surface area contributed by atoms with Gasteiger partial charge in [0.05, 0.1) is 12.0 Å². The van der Waals surface area contributed by atoms with Gasteiger partial charge in [0, 0.05) is 16.7 Å². The van der Waals surface area contributed by atoms with Crippen molar-refractivity contribution in [3.05, 3.63) is 86.8 Å². The number of hydrogen-bond acceptors (Lipinski definition) is 7. The maximum atomic E-state index is 12.3. The lowest BCUT2D eigenvalue weighted by atomic mass is 10.1. The summed E-state index contributed by atoms with van der Waals surface area (Å²) in [6, 6.07) is 11.7. The topological polar surface area (TPSA) is 112 Å². The molecule has 2 aromatic carbocycles. The van der Waals surface area contributed by atoms with Gasteiger partial charge in [-0.15, -0.1) is 0 Å². The van der Waals surface area contributed by atoms with Crippen molar-refractivity contribution in [2.75, 3.05) is 7.11 Å². The highest BCUT2D eigenvalue weighted by Crippen LogP contribution is 2.31. The van der Waals surface area contributed by atoms with Crippen molar-refractivity contribution >= 4 is 29.1 Å². The minimum absolute atomic E-state index is 0.0422. The fourth-order valence-corrected chi connectivity index (χ4v) is 2.72. The molecule has 3 rings (SSSR count). The molecule has 0 aliphatic carbocycles. The first-order valence-electron chi connectivity index (χ1n) is 8.62. The number of rotatable bonds is 8. The number of allylic oxidation sites excluding steroid dienone is 1. The summed E-state index contributed by atoms with van der Waals surface area (Å²) in [6.45, 7) is -0.0422. The first-order valence-corrected chi connectivity index (χ1v) is 9.00. The fourth-order valence-electron chi connectivity index (χ4n) is 2.55. The standard InChI is InChI=1S/C21H16ClNO7/c1-28-21-10-13(2-7-19(21)25)18(24)8-6-15-4-5-16(30-15)12-29-20-9-3-14(22)11-17(20)23(26)27/h2-11,25H,12H2,1H3/b8-6+. The molecule has 0 atom stereocenters. The number of methoxy groups -OCH3 is 1. The Hall–Kier alpha value is -3.78. The molecule has 0 spiro atoms. The predicted molar refractivity (Wildman–Crippen MR) is 109 cm³/mol. The van der Waals surface area contributed by atoms with Gasteiger partial charge in [-0.05, 0) is 54.6 Å². The van der Waals surface area contributed by atoms with Gasteiger partial charge >= 0.3 is 5.69 Å². The summed E-state index contributed by atoms with van der Waals surface area (Å²) in [6.07, 6.45) is 2.80. The highest BCUT2D eigenvalue weighted by Gasteiger charge is 2.16. The molecule has 0 radical (unpaired) electrons. The highest BCUT2D eigenvalue weighted by atomic mass is 35.5. The second-order valence-corrected chi connectivity index (χ2v) is 6.48. The van der Waals surface area contributed by atoms with Gasteiger partial charge in [0.25, 0.3) is 0 Å². The highest BCUT2D eigenvalue weighted by molar-refractivity contribution is 6.30. The van der Waals surface area contributed by atoms with Crippen LogP contribution in [0.3, 0.4) is 0 Å². The van der Waals surface area contributed by atoms with Gasteiger partial charge in [0.2, 0.25) is 0 Å². The summed E-state index contributed by atoms with van der Waals surface area (Å²) in [5, 5.41) is 20.9. The van der Waals surface area contributed by atoms with E-state index < -0.39 is 4.92 Å². The number of ether oxygens (including phenoxy) is 2. The molecule has 1 aromatic heterocycles. The Morgan fingerprint density at radius 1 is 1.20 bits per heavy atom. The Kier molecular flexibility index (Phi) is 6.38. The molecule has 0 amide bonds. The molecule has 0 saturated carbocycles. The lowest BCUT2D eigenvalue weighted by molar-refractivity contribution is -0.385. The molecular weight excluding hydrogens is 414 g/mol. The monoisotopic (exact) mass is 429 g/mol. The number of nitro benzene ring substituents is 1. The minimum Gasteiger partial charge on any atom is -0.504 e. The number of phenols is 1. The summed E-state index contributed by atoms with van der Waals surface area (Å²) in [7, 11) is 1.39. The van der Waals surface area contributed by atoms with E-state index in [1.54, 1.807) is 12.1 Å². The molecule has 8 nitrogen and oxygen atoms in total. The van der Waals surface area contributed by atoms with Crippen molar-refractivity contribution in [3.63, 3.8) is 0 Å². The molecule has 0 aliphatic heterocycles. The van der Waals surface area contributed by atoms with Crippen molar-refractivity contribution in [2.24, 2.45) is 0 Å². The van der Waals surface area contributed by atoms with E-state index in [4.69, 9.17) is 25.5 Å². The molecular formula is C21H16ClNO7. The summed E-state index contributed by atoms with van der Waals surface area (Å²) in [5.41, 5.74) is 0.0927. The number of aromatic hydroxyl groups is 1. The number of hydrogen-bond donors (Lipinski definition) is 1. The SMILES string of the molecule is COc1cc(C(=O)/C=C/c2ccc(COc3ccc(Cl)cc3[N+](=O)[O-])o2)ccc1O. The van der Waals surface area contributed by atoms with E-state index in [0.29, 0.717) is 17.1 Å². The van der Waals surface area contributed by atoms with Gasteiger partial charge in [-0.25, -0.2) is 0 Å². The molecule has 9 heteroatoms. The van der Waals surface area contributed by atoms with Crippen LogP contribution in [-0.2, 0) is 6.61 Å². The number of phenolic OH excluding ortho intramolecular Hbond substituents is 1. The lowest BCUT2D eigenvalue weighted by Gasteiger charge is -2.05. The molecule has 0 bridgehead atoms. The maximum Gasteiger partial charge on any atom is 0.312 e. The Morgan fingerprint density at radius 2 is 2.00 bits per heavy atom. The Bertz CT molecular complexity index is 1120. The Balaban J connectivity index is 1.65.